The number of hydrogen-bond donors (Lipinski definition) is 0. The Morgan fingerprint density at radius 1 is 1.57 bits per heavy atom. The zero-order valence-electron chi connectivity index (χ0n) is 5.40. The van der Waals surface area contributed by atoms with Crippen LogP contribution in [0.3, 0.4) is 0 Å². The fourth-order valence-electron chi connectivity index (χ4n) is 0.407. The molecule has 1 atom stereocenters. The monoisotopic (exact) mass is 142 g/mol. The van der Waals surface area contributed by atoms with Gasteiger partial charge >= 0.3 is 51.4 Å². The van der Waals surface area contributed by atoms with Crippen molar-refractivity contribution in [3.8, 4) is 0 Å². The van der Waals surface area contributed by atoms with Crippen molar-refractivity contribution in [2.75, 3.05) is 0 Å². The zero-order chi connectivity index (χ0) is 4.99. The van der Waals surface area contributed by atoms with Gasteiger partial charge in [-0.1, -0.05) is 35.0 Å². The van der Waals surface area contributed by atoms with Crippen LogP contribution in [-0.2, 0) is 0 Å². The molecule has 0 aliphatic rings. The molecule has 0 aromatic rings. The number of rotatable bonds is 2. The second-order valence-corrected chi connectivity index (χ2v) is 3.80. The topological polar surface area (TPSA) is 23.1 Å². The minimum atomic E-state index is -1.42. The smallest absolute Gasteiger partial charge is 0.861 e. The van der Waals surface area contributed by atoms with Crippen molar-refractivity contribution < 1.29 is 56.2 Å². The summed E-state index contributed by atoms with van der Waals surface area (Å²) in [5, 5.41) is 0. The van der Waals surface area contributed by atoms with Gasteiger partial charge in [-0.15, -0.1) is 0 Å². The van der Waals surface area contributed by atoms with Gasteiger partial charge in [0.1, 0.15) is 0 Å². The second kappa shape index (κ2) is 7.81. The van der Waals surface area contributed by atoms with E-state index in [1.165, 1.54) is 0 Å². The van der Waals surface area contributed by atoms with Crippen molar-refractivity contribution in [2.24, 2.45) is 0 Å². The Labute approximate surface area is 89.7 Å². The van der Waals surface area contributed by atoms with E-state index in [4.69, 9.17) is 0 Å². The molecule has 0 aliphatic heterocycles. The van der Waals surface area contributed by atoms with Crippen molar-refractivity contribution in [3.63, 3.8) is 0 Å². The molecule has 38 valence electrons. The molecule has 1 nitrogen and oxygen atoms in total. The molecule has 0 aromatic heterocycles. The summed E-state index contributed by atoms with van der Waals surface area (Å²) >= 11 is 0. The standard InChI is InChI=1S/C4H11OSi.K/c1-3-4-6(2)5;/h6H,3-4H2,1-2H3;/q-1;+1. The minimum absolute atomic E-state index is 0. The van der Waals surface area contributed by atoms with E-state index >= 15 is 0 Å². The quantitative estimate of drug-likeness (QED) is 0.380. The Kier molecular flexibility index (Phi) is 12.9. The van der Waals surface area contributed by atoms with Crippen molar-refractivity contribution in [2.45, 2.75) is 25.9 Å². The molecule has 0 rings (SSSR count). The summed E-state index contributed by atoms with van der Waals surface area (Å²) in [6.45, 7) is 3.89. The molecule has 0 radical (unpaired) electrons. The first-order valence-electron chi connectivity index (χ1n) is 2.43. The van der Waals surface area contributed by atoms with E-state index in [1.807, 2.05) is 6.55 Å². The Morgan fingerprint density at radius 3 is 2.00 bits per heavy atom. The van der Waals surface area contributed by atoms with Crippen LogP contribution in [0.5, 0.6) is 0 Å². The fourth-order valence-corrected chi connectivity index (χ4v) is 1.22. The van der Waals surface area contributed by atoms with Crippen molar-refractivity contribution in [1.29, 1.82) is 0 Å². The van der Waals surface area contributed by atoms with Crippen LogP contribution in [0.25, 0.3) is 0 Å². The van der Waals surface area contributed by atoms with Crippen LogP contribution in [0.2, 0.25) is 12.6 Å². The molecular formula is C4H11KOSi. The van der Waals surface area contributed by atoms with E-state index in [9.17, 15) is 4.80 Å². The van der Waals surface area contributed by atoms with Crippen LogP contribution >= 0.6 is 0 Å². The molecule has 7 heavy (non-hydrogen) atoms. The van der Waals surface area contributed by atoms with Gasteiger partial charge in [0.15, 0.2) is 0 Å². The van der Waals surface area contributed by atoms with Gasteiger partial charge in [-0.3, -0.25) is 0 Å². The molecule has 0 aromatic carbocycles. The van der Waals surface area contributed by atoms with Crippen LogP contribution in [0, 0.1) is 0 Å². The van der Waals surface area contributed by atoms with E-state index in [2.05, 4.69) is 6.92 Å². The molecule has 0 fully saturated rings. The summed E-state index contributed by atoms with van der Waals surface area (Å²) in [6.07, 6.45) is 1.08. The molecule has 0 bridgehead atoms. The largest absolute Gasteiger partial charge is 1.00 e. The Hall–Kier alpha value is 1.81. The van der Waals surface area contributed by atoms with Gasteiger partial charge in [0.05, 0.1) is 0 Å². The molecule has 0 heterocycles. The molecule has 0 spiro atoms. The molecule has 3 heteroatoms. The Bertz CT molecular complexity index is 32.9. The van der Waals surface area contributed by atoms with Crippen LogP contribution in [0.1, 0.15) is 13.3 Å². The van der Waals surface area contributed by atoms with E-state index in [0.717, 1.165) is 12.5 Å². The third-order valence-corrected chi connectivity index (χ3v) is 2.09. The first-order valence-corrected chi connectivity index (χ1v) is 4.87. The first-order chi connectivity index (χ1) is 2.77. The van der Waals surface area contributed by atoms with E-state index in [1.54, 1.807) is 0 Å². The minimum Gasteiger partial charge on any atom is -0.861 e. The predicted molar refractivity (Wildman–Crippen MR) is 28.1 cm³/mol. The van der Waals surface area contributed by atoms with Crippen molar-refractivity contribution in [3.05, 3.63) is 0 Å². The summed E-state index contributed by atoms with van der Waals surface area (Å²) in [5.74, 6) is 0. The van der Waals surface area contributed by atoms with Crippen molar-refractivity contribution in [1.82, 2.24) is 0 Å². The van der Waals surface area contributed by atoms with Gasteiger partial charge < -0.3 is 4.80 Å². The van der Waals surface area contributed by atoms with E-state index in [0.29, 0.717) is 0 Å². The van der Waals surface area contributed by atoms with Gasteiger partial charge in [0, 0.05) is 0 Å². The average Bonchev–Trinajstić information content (AvgIpc) is 1.35. The maximum Gasteiger partial charge on any atom is 1.00 e. The summed E-state index contributed by atoms with van der Waals surface area (Å²) in [6, 6.07) is 0.958. The summed E-state index contributed by atoms with van der Waals surface area (Å²) in [4.78, 5) is 10.3. The van der Waals surface area contributed by atoms with Gasteiger partial charge in [-0.2, -0.15) is 0 Å². The van der Waals surface area contributed by atoms with E-state index < -0.39 is 9.04 Å². The molecule has 0 aliphatic carbocycles. The van der Waals surface area contributed by atoms with Crippen molar-refractivity contribution >= 4 is 9.04 Å². The molecule has 0 saturated heterocycles. The van der Waals surface area contributed by atoms with Gasteiger partial charge in [-0.25, -0.2) is 0 Å². The summed E-state index contributed by atoms with van der Waals surface area (Å²) < 4.78 is 0. The Balaban J connectivity index is 0. The molecule has 0 N–H and O–H groups in total. The Morgan fingerprint density at radius 2 is 2.00 bits per heavy atom. The third-order valence-electron chi connectivity index (χ3n) is 0.695. The molecule has 0 amide bonds. The first kappa shape index (κ1) is 11.6. The van der Waals surface area contributed by atoms with Crippen LogP contribution < -0.4 is 56.2 Å². The van der Waals surface area contributed by atoms with Crippen LogP contribution in [0.15, 0.2) is 0 Å². The normalized spacial score (nSPS) is 12.4. The average molecular weight is 142 g/mol. The predicted octanol–water partition coefficient (Wildman–Crippen LogP) is -2.89. The zero-order valence-corrected chi connectivity index (χ0v) is 9.68. The summed E-state index contributed by atoms with van der Waals surface area (Å²) in [5.41, 5.74) is 0. The van der Waals surface area contributed by atoms with Crippen LogP contribution in [0.4, 0.5) is 0 Å². The SMILES string of the molecule is CCC[SiH](C)[O-].[K+]. The van der Waals surface area contributed by atoms with Gasteiger partial charge in [0.25, 0.3) is 0 Å². The van der Waals surface area contributed by atoms with Gasteiger partial charge in [-0.05, 0) is 0 Å². The van der Waals surface area contributed by atoms with E-state index in [-0.39, 0.29) is 51.4 Å². The maximum absolute atomic E-state index is 10.3. The molecular weight excluding hydrogens is 131 g/mol. The van der Waals surface area contributed by atoms with Crippen LogP contribution in [-0.4, -0.2) is 9.04 Å². The second-order valence-electron chi connectivity index (χ2n) is 1.60. The summed E-state index contributed by atoms with van der Waals surface area (Å²) in [7, 11) is -1.42. The fraction of sp³-hybridized carbons (Fsp3) is 1.00. The number of hydrogen-bond acceptors (Lipinski definition) is 1. The van der Waals surface area contributed by atoms with Gasteiger partial charge in [0.2, 0.25) is 0 Å². The maximum atomic E-state index is 10.3. The third kappa shape index (κ3) is 11.4. The molecule has 0 saturated carbocycles. The molecule has 1 unspecified atom stereocenters.